The van der Waals surface area contributed by atoms with E-state index in [2.05, 4.69) is 31.4 Å². The van der Waals surface area contributed by atoms with E-state index in [1.807, 2.05) is 4.90 Å². The van der Waals surface area contributed by atoms with E-state index in [4.69, 9.17) is 0 Å². The third-order valence-electron chi connectivity index (χ3n) is 3.23. The number of rotatable bonds is 3. The van der Waals surface area contributed by atoms with Gasteiger partial charge in [0, 0.05) is 30.9 Å². The number of benzene rings is 1. The van der Waals surface area contributed by atoms with Gasteiger partial charge in [-0.1, -0.05) is 0 Å². The van der Waals surface area contributed by atoms with Crippen molar-refractivity contribution in [3.63, 3.8) is 0 Å². The maximum absolute atomic E-state index is 13.5. The zero-order valence-electron chi connectivity index (χ0n) is 12.3. The lowest BCUT2D eigenvalue weighted by atomic mass is 10.1. The lowest BCUT2D eigenvalue weighted by Gasteiger charge is -2.31. The van der Waals surface area contributed by atoms with E-state index >= 15 is 0 Å². The van der Waals surface area contributed by atoms with Crippen LogP contribution in [0.5, 0.6) is 0 Å². The second kappa shape index (κ2) is 5.79. The Hall–Kier alpha value is -1.62. The van der Waals surface area contributed by atoms with E-state index in [1.165, 1.54) is 6.07 Å². The van der Waals surface area contributed by atoms with Crippen molar-refractivity contribution in [3.8, 4) is 0 Å². The minimum Gasteiger partial charge on any atom is -0.360 e. The van der Waals surface area contributed by atoms with Crippen LogP contribution in [-0.4, -0.2) is 31.1 Å². The van der Waals surface area contributed by atoms with Crippen molar-refractivity contribution in [2.24, 2.45) is 0 Å². The molecule has 0 radical (unpaired) electrons. The average Bonchev–Trinajstić information content (AvgIpc) is 2.35. The van der Waals surface area contributed by atoms with Gasteiger partial charge >= 0.3 is 0 Å². The molecule has 110 valence electrons. The Morgan fingerprint density at radius 3 is 2.80 bits per heavy atom. The molecule has 1 aliphatic rings. The number of nitrogens with one attached hydrogen (secondary N) is 2. The molecule has 1 heterocycles. The normalized spacial score (nSPS) is 16.2. The molecule has 1 aromatic carbocycles. The molecular formula is C15H22FN3O. The van der Waals surface area contributed by atoms with Gasteiger partial charge in [-0.15, -0.1) is 0 Å². The van der Waals surface area contributed by atoms with Crippen LogP contribution in [0, 0.1) is 5.82 Å². The van der Waals surface area contributed by atoms with Crippen LogP contribution < -0.4 is 15.5 Å². The summed E-state index contributed by atoms with van der Waals surface area (Å²) in [6.07, 6.45) is 0. The summed E-state index contributed by atoms with van der Waals surface area (Å²) in [5, 5.41) is 6.16. The quantitative estimate of drug-likeness (QED) is 0.884. The lowest BCUT2D eigenvalue weighted by molar-refractivity contribution is -0.120. The van der Waals surface area contributed by atoms with Crippen LogP contribution in [0.15, 0.2) is 18.2 Å². The van der Waals surface area contributed by atoms with Gasteiger partial charge < -0.3 is 15.5 Å². The lowest BCUT2D eigenvalue weighted by Crippen LogP contribution is -2.48. The fourth-order valence-corrected chi connectivity index (χ4v) is 2.21. The summed E-state index contributed by atoms with van der Waals surface area (Å²) in [7, 11) is 0. The van der Waals surface area contributed by atoms with Crippen LogP contribution in [0.25, 0.3) is 0 Å². The van der Waals surface area contributed by atoms with Crippen molar-refractivity contribution in [2.45, 2.75) is 32.9 Å². The van der Waals surface area contributed by atoms with Crippen LogP contribution >= 0.6 is 0 Å². The van der Waals surface area contributed by atoms with Crippen LogP contribution in [-0.2, 0) is 11.3 Å². The fourth-order valence-electron chi connectivity index (χ4n) is 2.21. The van der Waals surface area contributed by atoms with Crippen molar-refractivity contribution in [1.82, 2.24) is 10.6 Å². The van der Waals surface area contributed by atoms with Gasteiger partial charge in [0.1, 0.15) is 5.82 Å². The molecule has 0 saturated carbocycles. The first-order valence-corrected chi connectivity index (χ1v) is 6.90. The molecular weight excluding hydrogens is 257 g/mol. The van der Waals surface area contributed by atoms with Crippen molar-refractivity contribution >= 4 is 11.6 Å². The Kier molecular flexibility index (Phi) is 4.28. The molecule has 0 aliphatic carbocycles. The molecule has 0 bridgehead atoms. The summed E-state index contributed by atoms with van der Waals surface area (Å²) in [6.45, 7) is 8.49. The topological polar surface area (TPSA) is 44.4 Å². The Morgan fingerprint density at radius 1 is 1.40 bits per heavy atom. The molecule has 2 rings (SSSR count). The van der Waals surface area contributed by atoms with Crippen LogP contribution in [0.1, 0.15) is 26.3 Å². The molecule has 0 atom stereocenters. The number of halogens is 1. The molecule has 0 spiro atoms. The third-order valence-corrected chi connectivity index (χ3v) is 3.23. The standard InChI is InChI=1S/C15H22FN3O/c1-15(2,3)18-9-11-8-12(16)4-5-13(11)19-7-6-17-14(20)10-19/h4-5,8,18H,6-7,9-10H2,1-3H3,(H,17,20). The van der Waals surface area contributed by atoms with Gasteiger partial charge in [-0.25, -0.2) is 4.39 Å². The second-order valence-electron chi connectivity index (χ2n) is 6.15. The van der Waals surface area contributed by atoms with Crippen LogP contribution in [0.4, 0.5) is 10.1 Å². The minimum atomic E-state index is -0.249. The van der Waals surface area contributed by atoms with E-state index in [0.717, 1.165) is 17.8 Å². The summed E-state index contributed by atoms with van der Waals surface area (Å²) >= 11 is 0. The fraction of sp³-hybridized carbons (Fsp3) is 0.533. The van der Waals surface area contributed by atoms with E-state index in [-0.39, 0.29) is 17.3 Å². The van der Waals surface area contributed by atoms with E-state index in [9.17, 15) is 9.18 Å². The minimum absolute atomic E-state index is 0.00954. The Bertz CT molecular complexity index is 496. The largest absolute Gasteiger partial charge is 0.360 e. The smallest absolute Gasteiger partial charge is 0.239 e. The van der Waals surface area contributed by atoms with Crippen LogP contribution in [0.2, 0.25) is 0 Å². The van der Waals surface area contributed by atoms with Gasteiger partial charge in [-0.05, 0) is 44.5 Å². The number of anilines is 1. The van der Waals surface area contributed by atoms with Crippen molar-refractivity contribution in [1.29, 1.82) is 0 Å². The molecule has 20 heavy (non-hydrogen) atoms. The highest BCUT2D eigenvalue weighted by Gasteiger charge is 2.20. The molecule has 1 fully saturated rings. The Morgan fingerprint density at radius 2 is 2.15 bits per heavy atom. The first-order chi connectivity index (χ1) is 9.35. The number of hydrogen-bond acceptors (Lipinski definition) is 3. The Balaban J connectivity index is 2.21. The van der Waals surface area contributed by atoms with Crippen molar-refractivity contribution in [3.05, 3.63) is 29.6 Å². The summed E-state index contributed by atoms with van der Waals surface area (Å²) < 4.78 is 13.5. The van der Waals surface area contributed by atoms with Gasteiger partial charge in [0.2, 0.25) is 5.91 Å². The molecule has 1 aromatic rings. The maximum atomic E-state index is 13.5. The predicted molar refractivity (Wildman–Crippen MR) is 78.2 cm³/mol. The van der Waals surface area contributed by atoms with Crippen molar-refractivity contribution < 1.29 is 9.18 Å². The highest BCUT2D eigenvalue weighted by molar-refractivity contribution is 5.83. The van der Waals surface area contributed by atoms with Gasteiger partial charge in [0.25, 0.3) is 0 Å². The summed E-state index contributed by atoms with van der Waals surface area (Å²) in [4.78, 5) is 13.5. The zero-order chi connectivity index (χ0) is 14.8. The summed E-state index contributed by atoms with van der Waals surface area (Å²) in [5.74, 6) is -0.240. The third kappa shape index (κ3) is 3.93. The van der Waals surface area contributed by atoms with Gasteiger partial charge in [0.05, 0.1) is 6.54 Å². The molecule has 1 amide bonds. The van der Waals surface area contributed by atoms with Gasteiger partial charge in [0.15, 0.2) is 0 Å². The highest BCUT2D eigenvalue weighted by Crippen LogP contribution is 2.23. The molecule has 4 nitrogen and oxygen atoms in total. The number of nitrogens with zero attached hydrogens (tertiary/aromatic N) is 1. The molecule has 0 aromatic heterocycles. The summed E-state index contributed by atoms with van der Waals surface area (Å²) in [5.41, 5.74) is 1.77. The second-order valence-corrected chi connectivity index (χ2v) is 6.15. The maximum Gasteiger partial charge on any atom is 0.239 e. The number of hydrogen-bond donors (Lipinski definition) is 2. The summed E-state index contributed by atoms with van der Waals surface area (Å²) in [6, 6.07) is 4.75. The van der Waals surface area contributed by atoms with Crippen LogP contribution in [0.3, 0.4) is 0 Å². The first-order valence-electron chi connectivity index (χ1n) is 6.90. The van der Waals surface area contributed by atoms with E-state index < -0.39 is 0 Å². The number of piperazine rings is 1. The van der Waals surface area contributed by atoms with Gasteiger partial charge in [-0.2, -0.15) is 0 Å². The molecule has 1 saturated heterocycles. The monoisotopic (exact) mass is 279 g/mol. The van der Waals surface area contributed by atoms with E-state index in [0.29, 0.717) is 19.6 Å². The number of carbonyl (C=O) groups is 1. The average molecular weight is 279 g/mol. The van der Waals surface area contributed by atoms with E-state index in [1.54, 1.807) is 12.1 Å². The Labute approximate surface area is 119 Å². The molecule has 1 aliphatic heterocycles. The van der Waals surface area contributed by atoms with Crippen molar-refractivity contribution in [2.75, 3.05) is 24.5 Å². The van der Waals surface area contributed by atoms with Gasteiger partial charge in [-0.3, -0.25) is 4.79 Å². The zero-order valence-corrected chi connectivity index (χ0v) is 12.3. The predicted octanol–water partition coefficient (Wildman–Crippen LogP) is 1.65. The molecule has 0 unspecified atom stereocenters. The first kappa shape index (κ1) is 14.8. The highest BCUT2D eigenvalue weighted by atomic mass is 19.1. The number of amides is 1. The molecule has 5 heteroatoms. The number of carbonyl (C=O) groups excluding carboxylic acids is 1. The molecule has 2 N–H and O–H groups in total. The SMILES string of the molecule is CC(C)(C)NCc1cc(F)ccc1N1CCNC(=O)C1.